The first-order valence-electron chi connectivity index (χ1n) is 7.51. The third-order valence-corrected chi connectivity index (χ3v) is 6.10. The largest absolute Gasteiger partial charge is 0.371 e. The predicted molar refractivity (Wildman–Crippen MR) is 79.9 cm³/mol. The topological polar surface area (TPSA) is 60.2 Å². The lowest BCUT2D eigenvalue weighted by Crippen LogP contribution is -2.37. The number of hydrogen-bond donors (Lipinski definition) is 2. The summed E-state index contributed by atoms with van der Waals surface area (Å²) in [7, 11) is 0. The van der Waals surface area contributed by atoms with E-state index >= 15 is 0 Å². The Morgan fingerprint density at radius 2 is 2.20 bits per heavy atom. The molecule has 0 amide bonds. The first-order valence-corrected chi connectivity index (χ1v) is 7.51. The molecule has 0 radical (unpaired) electrons. The van der Waals surface area contributed by atoms with Gasteiger partial charge in [-0.2, -0.15) is 0 Å². The zero-order chi connectivity index (χ0) is 14.4. The van der Waals surface area contributed by atoms with Gasteiger partial charge in [0, 0.05) is 0 Å². The molecule has 2 aliphatic carbocycles. The zero-order valence-electron chi connectivity index (χ0n) is 12.6. The van der Waals surface area contributed by atoms with E-state index in [1.807, 2.05) is 18.2 Å². The van der Waals surface area contributed by atoms with Crippen molar-refractivity contribution in [3.8, 4) is 0 Å². The molecule has 3 N–H and O–H groups in total. The molecule has 1 heterocycles. The van der Waals surface area contributed by atoms with Crippen molar-refractivity contribution < 1.29 is 4.74 Å². The van der Waals surface area contributed by atoms with Crippen LogP contribution < -0.4 is 11.3 Å². The summed E-state index contributed by atoms with van der Waals surface area (Å²) in [6.45, 7) is 7.78. The molecule has 0 aliphatic heterocycles. The minimum Gasteiger partial charge on any atom is -0.371 e. The van der Waals surface area contributed by atoms with Crippen LogP contribution in [0.5, 0.6) is 0 Å². The average Bonchev–Trinajstić information content (AvgIpc) is 2.78. The number of nitrogen functional groups attached to an aromatic ring is 1. The molecule has 2 fully saturated rings. The molecule has 3 atom stereocenters. The van der Waals surface area contributed by atoms with Gasteiger partial charge < -0.3 is 10.2 Å². The molecule has 110 valence electrons. The Hall–Kier alpha value is -1.13. The quantitative estimate of drug-likeness (QED) is 0.655. The van der Waals surface area contributed by atoms with E-state index in [2.05, 4.69) is 31.2 Å². The highest BCUT2D eigenvalue weighted by atomic mass is 16.5. The SMILES string of the molecule is CC1(C)C2CCC1(C)C(OCc1cccc(NN)n1)C2. The minimum absolute atomic E-state index is 0.307. The molecule has 1 aromatic rings. The van der Waals surface area contributed by atoms with Crippen LogP contribution in [0.4, 0.5) is 5.82 Å². The molecule has 3 rings (SSSR count). The number of aromatic nitrogens is 1. The van der Waals surface area contributed by atoms with Crippen LogP contribution in [-0.4, -0.2) is 11.1 Å². The van der Waals surface area contributed by atoms with E-state index < -0.39 is 0 Å². The Morgan fingerprint density at radius 1 is 1.40 bits per heavy atom. The van der Waals surface area contributed by atoms with Gasteiger partial charge in [0.15, 0.2) is 0 Å². The van der Waals surface area contributed by atoms with E-state index in [1.165, 1.54) is 19.3 Å². The van der Waals surface area contributed by atoms with Crippen molar-refractivity contribution in [2.45, 2.75) is 52.7 Å². The van der Waals surface area contributed by atoms with Gasteiger partial charge in [-0.1, -0.05) is 26.8 Å². The second-order valence-corrected chi connectivity index (χ2v) is 7.07. The smallest absolute Gasteiger partial charge is 0.140 e. The fourth-order valence-electron chi connectivity index (χ4n) is 4.21. The van der Waals surface area contributed by atoms with E-state index in [0.717, 1.165) is 11.6 Å². The second kappa shape index (κ2) is 4.71. The Morgan fingerprint density at radius 3 is 2.80 bits per heavy atom. The molecule has 0 aromatic carbocycles. The van der Waals surface area contributed by atoms with Crippen LogP contribution in [0.3, 0.4) is 0 Å². The number of ether oxygens (including phenoxy) is 1. The summed E-state index contributed by atoms with van der Waals surface area (Å²) in [6.07, 6.45) is 4.19. The van der Waals surface area contributed by atoms with Crippen molar-refractivity contribution in [1.29, 1.82) is 0 Å². The third kappa shape index (κ3) is 1.93. The maximum absolute atomic E-state index is 6.23. The second-order valence-electron chi connectivity index (χ2n) is 7.07. The van der Waals surface area contributed by atoms with Crippen LogP contribution in [0.15, 0.2) is 18.2 Å². The highest BCUT2D eigenvalue weighted by molar-refractivity contribution is 5.33. The molecule has 4 heteroatoms. The Balaban J connectivity index is 1.68. The molecule has 2 saturated carbocycles. The van der Waals surface area contributed by atoms with Gasteiger partial charge in [-0.15, -0.1) is 0 Å². The van der Waals surface area contributed by atoms with Crippen molar-refractivity contribution in [3.05, 3.63) is 23.9 Å². The number of pyridine rings is 1. The maximum atomic E-state index is 6.23. The average molecular weight is 275 g/mol. The number of anilines is 1. The van der Waals surface area contributed by atoms with E-state index in [1.54, 1.807) is 0 Å². The summed E-state index contributed by atoms with van der Waals surface area (Å²) >= 11 is 0. The van der Waals surface area contributed by atoms with E-state index in [9.17, 15) is 0 Å². The van der Waals surface area contributed by atoms with Crippen molar-refractivity contribution in [3.63, 3.8) is 0 Å². The Kier molecular flexibility index (Phi) is 3.26. The number of rotatable bonds is 4. The fraction of sp³-hybridized carbons (Fsp3) is 0.688. The van der Waals surface area contributed by atoms with Crippen molar-refractivity contribution in [2.24, 2.45) is 22.6 Å². The van der Waals surface area contributed by atoms with Crippen LogP contribution in [0.25, 0.3) is 0 Å². The Bertz CT molecular complexity index is 502. The highest BCUT2D eigenvalue weighted by Crippen LogP contribution is 2.66. The van der Waals surface area contributed by atoms with Gasteiger partial charge in [0.1, 0.15) is 5.82 Å². The summed E-state index contributed by atoms with van der Waals surface area (Å²) in [6, 6.07) is 5.79. The summed E-state index contributed by atoms with van der Waals surface area (Å²) in [4.78, 5) is 4.41. The number of hydrazine groups is 1. The Labute approximate surface area is 121 Å². The molecule has 0 spiro atoms. The van der Waals surface area contributed by atoms with Crippen molar-refractivity contribution >= 4 is 5.82 Å². The number of nitrogens with one attached hydrogen (secondary N) is 1. The maximum Gasteiger partial charge on any atom is 0.140 e. The molecule has 2 aliphatic rings. The van der Waals surface area contributed by atoms with Crippen LogP contribution in [-0.2, 0) is 11.3 Å². The minimum atomic E-state index is 0.307. The van der Waals surface area contributed by atoms with E-state index in [4.69, 9.17) is 10.6 Å². The lowest BCUT2D eigenvalue weighted by atomic mass is 9.70. The van der Waals surface area contributed by atoms with Gasteiger partial charge in [-0.05, 0) is 48.1 Å². The monoisotopic (exact) mass is 275 g/mol. The van der Waals surface area contributed by atoms with E-state index in [-0.39, 0.29) is 0 Å². The van der Waals surface area contributed by atoms with E-state index in [0.29, 0.717) is 29.4 Å². The van der Waals surface area contributed by atoms with Gasteiger partial charge in [-0.3, -0.25) is 0 Å². The van der Waals surface area contributed by atoms with Crippen molar-refractivity contribution in [1.82, 2.24) is 4.98 Å². The molecule has 4 nitrogen and oxygen atoms in total. The number of nitrogens with two attached hydrogens (primary N) is 1. The van der Waals surface area contributed by atoms with Crippen LogP contribution in [0, 0.1) is 16.7 Å². The fourth-order valence-corrected chi connectivity index (χ4v) is 4.21. The van der Waals surface area contributed by atoms with Gasteiger partial charge in [-0.25, -0.2) is 10.8 Å². The first-order chi connectivity index (χ1) is 9.47. The first kappa shape index (κ1) is 13.8. The number of fused-ring (bicyclic) bond motifs is 2. The van der Waals surface area contributed by atoms with Gasteiger partial charge in [0.2, 0.25) is 0 Å². The normalized spacial score (nSPS) is 34.4. The lowest BCUT2D eigenvalue weighted by molar-refractivity contribution is -0.0559. The standard InChI is InChI=1S/C16H25N3O/c1-15(2)11-7-8-16(15,3)13(9-11)20-10-12-5-4-6-14(18-12)19-17/h4-6,11,13H,7-10,17H2,1-3H3,(H,18,19). The van der Waals surface area contributed by atoms with Gasteiger partial charge in [0.25, 0.3) is 0 Å². The highest BCUT2D eigenvalue weighted by Gasteiger charge is 2.61. The zero-order valence-corrected chi connectivity index (χ0v) is 12.6. The third-order valence-electron chi connectivity index (χ3n) is 6.10. The van der Waals surface area contributed by atoms with Crippen molar-refractivity contribution in [2.75, 3.05) is 5.43 Å². The summed E-state index contributed by atoms with van der Waals surface area (Å²) in [5, 5.41) is 0. The molecule has 0 saturated heterocycles. The number of hydrogen-bond acceptors (Lipinski definition) is 4. The summed E-state index contributed by atoms with van der Waals surface area (Å²) in [5.41, 5.74) is 4.21. The summed E-state index contributed by atoms with van der Waals surface area (Å²) in [5.74, 6) is 6.88. The molecule has 20 heavy (non-hydrogen) atoms. The molecule has 2 bridgehead atoms. The van der Waals surface area contributed by atoms with Crippen LogP contribution >= 0.6 is 0 Å². The van der Waals surface area contributed by atoms with Crippen LogP contribution in [0.2, 0.25) is 0 Å². The molecule has 3 unspecified atom stereocenters. The van der Waals surface area contributed by atoms with Gasteiger partial charge in [0.05, 0.1) is 18.4 Å². The summed E-state index contributed by atoms with van der Waals surface area (Å²) < 4.78 is 6.23. The predicted octanol–water partition coefficient (Wildman–Crippen LogP) is 3.10. The lowest BCUT2D eigenvalue weighted by Gasteiger charge is -2.38. The molecular weight excluding hydrogens is 250 g/mol. The molecular formula is C16H25N3O. The van der Waals surface area contributed by atoms with Gasteiger partial charge >= 0.3 is 0 Å². The number of nitrogens with zero attached hydrogens (tertiary/aromatic N) is 1. The van der Waals surface area contributed by atoms with Crippen LogP contribution in [0.1, 0.15) is 45.7 Å². The molecule has 1 aromatic heterocycles.